The molecule has 4 heteroatoms. The summed E-state index contributed by atoms with van der Waals surface area (Å²) in [5.74, 6) is 2.45. The lowest BCUT2D eigenvalue weighted by Crippen LogP contribution is -2.37. The quantitative estimate of drug-likeness (QED) is 0.679. The standard InChI is InChI=1S/C22H32O3S/c1-15-6-8-16(9-7-15)26(23,24)25-14-19-17-10-11-18-20(17)21(2,3)12-5-13-22(18,19)4/h6-9,17-20H,5,10-14H2,1-4H3. The Hall–Kier alpha value is -0.870. The lowest BCUT2D eigenvalue weighted by Gasteiger charge is -2.41. The fourth-order valence-electron chi connectivity index (χ4n) is 6.82. The summed E-state index contributed by atoms with van der Waals surface area (Å²) in [5.41, 5.74) is 1.66. The van der Waals surface area contributed by atoms with E-state index < -0.39 is 10.1 Å². The Balaban J connectivity index is 1.56. The van der Waals surface area contributed by atoms with Crippen LogP contribution in [0.25, 0.3) is 0 Å². The SMILES string of the molecule is Cc1ccc(S(=O)(=O)OCC2C3CCC4C3C(C)(C)CCCC24C)cc1. The first-order valence-electron chi connectivity index (χ1n) is 10.1. The van der Waals surface area contributed by atoms with Crippen molar-refractivity contribution in [1.29, 1.82) is 0 Å². The molecule has 144 valence electrons. The largest absolute Gasteiger partial charge is 0.296 e. The third-order valence-corrected chi connectivity index (χ3v) is 9.36. The van der Waals surface area contributed by atoms with Gasteiger partial charge >= 0.3 is 0 Å². The smallest absolute Gasteiger partial charge is 0.266 e. The van der Waals surface area contributed by atoms with Gasteiger partial charge in [0.25, 0.3) is 10.1 Å². The summed E-state index contributed by atoms with van der Waals surface area (Å²) in [6, 6.07) is 6.96. The molecule has 4 rings (SSSR count). The molecule has 0 aliphatic heterocycles. The lowest BCUT2D eigenvalue weighted by atomic mass is 9.65. The first-order valence-corrected chi connectivity index (χ1v) is 11.5. The van der Waals surface area contributed by atoms with Crippen molar-refractivity contribution in [3.05, 3.63) is 29.8 Å². The van der Waals surface area contributed by atoms with Crippen molar-refractivity contribution in [3.63, 3.8) is 0 Å². The van der Waals surface area contributed by atoms with Crippen molar-refractivity contribution >= 4 is 10.1 Å². The minimum absolute atomic E-state index is 0.240. The van der Waals surface area contributed by atoms with Crippen LogP contribution in [0.5, 0.6) is 0 Å². The van der Waals surface area contributed by atoms with Crippen LogP contribution in [-0.2, 0) is 14.3 Å². The van der Waals surface area contributed by atoms with Crippen LogP contribution in [0, 0.1) is 41.4 Å². The first-order chi connectivity index (χ1) is 12.2. The maximum absolute atomic E-state index is 12.7. The highest BCUT2D eigenvalue weighted by Crippen LogP contribution is 2.70. The van der Waals surface area contributed by atoms with Gasteiger partial charge in [-0.1, -0.05) is 44.9 Å². The van der Waals surface area contributed by atoms with E-state index in [1.165, 1.54) is 32.1 Å². The van der Waals surface area contributed by atoms with Gasteiger partial charge in [0.1, 0.15) is 0 Å². The van der Waals surface area contributed by atoms with Gasteiger partial charge in [-0.3, -0.25) is 4.18 Å². The van der Waals surface area contributed by atoms with Crippen LogP contribution in [0.3, 0.4) is 0 Å². The predicted molar refractivity (Wildman–Crippen MR) is 103 cm³/mol. The van der Waals surface area contributed by atoms with Gasteiger partial charge in [0.15, 0.2) is 0 Å². The van der Waals surface area contributed by atoms with E-state index in [9.17, 15) is 8.42 Å². The number of hydrogen-bond donors (Lipinski definition) is 0. The van der Waals surface area contributed by atoms with Crippen molar-refractivity contribution in [2.45, 2.75) is 64.7 Å². The summed E-state index contributed by atoms with van der Waals surface area (Å²) >= 11 is 0. The van der Waals surface area contributed by atoms with Crippen LogP contribution in [0.4, 0.5) is 0 Å². The van der Waals surface area contributed by atoms with Gasteiger partial charge in [0.05, 0.1) is 11.5 Å². The van der Waals surface area contributed by atoms with Gasteiger partial charge in [0.2, 0.25) is 0 Å². The highest BCUT2D eigenvalue weighted by molar-refractivity contribution is 7.86. The molecule has 0 spiro atoms. The van der Waals surface area contributed by atoms with Gasteiger partial charge in [-0.2, -0.15) is 8.42 Å². The lowest BCUT2D eigenvalue weighted by molar-refractivity contribution is 0.0479. The minimum atomic E-state index is -3.67. The van der Waals surface area contributed by atoms with E-state index in [1.807, 2.05) is 19.1 Å². The Labute approximate surface area is 158 Å². The zero-order valence-electron chi connectivity index (χ0n) is 16.5. The van der Waals surface area contributed by atoms with E-state index >= 15 is 0 Å². The summed E-state index contributed by atoms with van der Waals surface area (Å²) in [6.07, 6.45) is 6.33. The van der Waals surface area contributed by atoms with Crippen molar-refractivity contribution in [1.82, 2.24) is 0 Å². The second-order valence-electron chi connectivity index (χ2n) is 9.88. The van der Waals surface area contributed by atoms with Gasteiger partial charge in [-0.15, -0.1) is 0 Å². The molecule has 26 heavy (non-hydrogen) atoms. The Morgan fingerprint density at radius 2 is 1.77 bits per heavy atom. The Kier molecular flexibility index (Phi) is 4.31. The molecular formula is C22H32O3S. The van der Waals surface area contributed by atoms with Crippen LogP contribution in [-0.4, -0.2) is 15.0 Å². The molecule has 1 aromatic carbocycles. The second-order valence-corrected chi connectivity index (χ2v) is 11.5. The van der Waals surface area contributed by atoms with E-state index in [2.05, 4.69) is 20.8 Å². The molecule has 3 aliphatic carbocycles. The van der Waals surface area contributed by atoms with Crippen molar-refractivity contribution in [2.24, 2.45) is 34.5 Å². The molecule has 0 N–H and O–H groups in total. The van der Waals surface area contributed by atoms with Crippen molar-refractivity contribution in [2.75, 3.05) is 6.61 Å². The van der Waals surface area contributed by atoms with Gasteiger partial charge in [-0.05, 0) is 79.2 Å². The summed E-state index contributed by atoms with van der Waals surface area (Å²) in [5, 5.41) is 0. The molecule has 3 nitrogen and oxygen atoms in total. The van der Waals surface area contributed by atoms with E-state index in [-0.39, 0.29) is 10.3 Å². The minimum Gasteiger partial charge on any atom is -0.266 e. The summed E-state index contributed by atoms with van der Waals surface area (Å²) < 4.78 is 31.0. The third-order valence-electron chi connectivity index (χ3n) is 8.07. The normalized spacial score (nSPS) is 38.3. The highest BCUT2D eigenvalue weighted by Gasteiger charge is 2.64. The average molecular weight is 377 g/mol. The topological polar surface area (TPSA) is 43.4 Å². The summed E-state index contributed by atoms with van der Waals surface area (Å²) in [6.45, 7) is 9.58. The maximum atomic E-state index is 12.7. The van der Waals surface area contributed by atoms with E-state index in [1.54, 1.807) is 12.1 Å². The molecule has 0 amide bonds. The Morgan fingerprint density at radius 3 is 2.46 bits per heavy atom. The molecule has 4 bridgehead atoms. The molecule has 0 saturated heterocycles. The zero-order valence-corrected chi connectivity index (χ0v) is 17.3. The Bertz CT molecular complexity index is 780. The van der Waals surface area contributed by atoms with Gasteiger partial charge < -0.3 is 0 Å². The Morgan fingerprint density at radius 1 is 1.08 bits per heavy atom. The molecule has 0 radical (unpaired) electrons. The van der Waals surface area contributed by atoms with E-state index in [4.69, 9.17) is 4.18 Å². The van der Waals surface area contributed by atoms with Crippen LogP contribution in [0.1, 0.15) is 58.4 Å². The fourth-order valence-corrected chi connectivity index (χ4v) is 7.75. The van der Waals surface area contributed by atoms with Crippen LogP contribution < -0.4 is 0 Å². The number of hydrogen-bond acceptors (Lipinski definition) is 3. The van der Waals surface area contributed by atoms with Gasteiger partial charge in [0, 0.05) is 0 Å². The molecule has 3 fully saturated rings. The number of aryl methyl sites for hydroxylation is 1. The molecule has 0 heterocycles. The van der Waals surface area contributed by atoms with Crippen molar-refractivity contribution in [3.8, 4) is 0 Å². The molecule has 5 atom stereocenters. The maximum Gasteiger partial charge on any atom is 0.296 e. The predicted octanol–water partition coefficient (Wildman–Crippen LogP) is 5.19. The van der Waals surface area contributed by atoms with E-state index in [0.717, 1.165) is 17.4 Å². The monoisotopic (exact) mass is 376 g/mol. The van der Waals surface area contributed by atoms with Crippen LogP contribution >= 0.6 is 0 Å². The third kappa shape index (κ3) is 2.75. The average Bonchev–Trinajstić information content (AvgIpc) is 3.06. The number of benzene rings is 1. The highest BCUT2D eigenvalue weighted by atomic mass is 32.2. The fraction of sp³-hybridized carbons (Fsp3) is 0.727. The second kappa shape index (κ2) is 6.07. The van der Waals surface area contributed by atoms with Gasteiger partial charge in [-0.25, -0.2) is 0 Å². The zero-order chi connectivity index (χ0) is 18.7. The molecule has 3 aliphatic rings. The van der Waals surface area contributed by atoms with Crippen LogP contribution in [0.15, 0.2) is 29.2 Å². The molecule has 1 aromatic rings. The molecular weight excluding hydrogens is 344 g/mol. The molecule has 3 saturated carbocycles. The summed E-state index contributed by atoms with van der Waals surface area (Å²) in [4.78, 5) is 0.275. The first kappa shape index (κ1) is 18.5. The molecule has 0 aromatic heterocycles. The number of rotatable bonds is 4. The molecule has 5 unspecified atom stereocenters. The van der Waals surface area contributed by atoms with Crippen LogP contribution in [0.2, 0.25) is 0 Å². The summed E-state index contributed by atoms with van der Waals surface area (Å²) in [7, 11) is -3.67. The van der Waals surface area contributed by atoms with Crippen molar-refractivity contribution < 1.29 is 12.6 Å². The van der Waals surface area contributed by atoms with E-state index in [0.29, 0.717) is 23.9 Å².